The number of hydrogen-bond donors (Lipinski definition) is 2. The smallest absolute Gasteiger partial charge is 0.224 e. The van der Waals surface area contributed by atoms with Crippen molar-refractivity contribution in [1.82, 2.24) is 5.32 Å². The number of aliphatic hydroxyl groups is 1. The maximum absolute atomic E-state index is 11.8. The number of fused-ring (bicyclic) bond motifs is 2. The molecule has 0 radical (unpaired) electrons. The lowest BCUT2D eigenvalue weighted by molar-refractivity contribution is -0.313. The quantitative estimate of drug-likeness (QED) is 0.556. The number of aliphatic carboxylic acids is 1. The van der Waals surface area contributed by atoms with E-state index in [0.29, 0.717) is 0 Å². The van der Waals surface area contributed by atoms with E-state index in [9.17, 15) is 14.7 Å². The molecule has 2 rings (SSSR count). The van der Waals surface area contributed by atoms with E-state index in [2.05, 4.69) is 5.32 Å². The van der Waals surface area contributed by atoms with Crippen molar-refractivity contribution in [2.75, 3.05) is 13.2 Å². The number of rotatable bonds is 4. The van der Waals surface area contributed by atoms with E-state index in [-0.39, 0.29) is 30.9 Å². The molecule has 0 heterocycles. The van der Waals surface area contributed by atoms with Gasteiger partial charge in [0.2, 0.25) is 5.91 Å². The lowest BCUT2D eigenvalue weighted by Crippen LogP contribution is -2.45. The minimum atomic E-state index is -1.15. The van der Waals surface area contributed by atoms with Crippen LogP contribution in [0, 0.1) is 23.7 Å². The molecule has 0 aliphatic heterocycles. The fourth-order valence-electron chi connectivity index (χ4n) is 2.80. The molecule has 88 valence electrons. The van der Waals surface area contributed by atoms with Crippen LogP contribution >= 0.6 is 0 Å². The number of carboxylic acid groups (broad SMARTS) is 1. The Balaban J connectivity index is 2.10. The summed E-state index contributed by atoms with van der Waals surface area (Å²) < 4.78 is 0. The predicted octanol–water partition coefficient (Wildman–Crippen LogP) is -1.72. The van der Waals surface area contributed by atoms with Crippen LogP contribution in [0.15, 0.2) is 12.2 Å². The van der Waals surface area contributed by atoms with Crippen molar-refractivity contribution in [2.24, 2.45) is 23.7 Å². The first kappa shape index (κ1) is 11.1. The van der Waals surface area contributed by atoms with Crippen LogP contribution in [0.2, 0.25) is 0 Å². The maximum Gasteiger partial charge on any atom is 0.224 e. The molecule has 4 atom stereocenters. The van der Waals surface area contributed by atoms with E-state index >= 15 is 0 Å². The first-order valence-corrected chi connectivity index (χ1v) is 5.43. The minimum absolute atomic E-state index is 0.00610. The van der Waals surface area contributed by atoms with Gasteiger partial charge in [0.15, 0.2) is 0 Å². The number of hydrogen-bond acceptors (Lipinski definition) is 4. The molecule has 5 heteroatoms. The lowest BCUT2D eigenvalue weighted by atomic mass is 9.82. The van der Waals surface area contributed by atoms with Gasteiger partial charge in [0.25, 0.3) is 0 Å². The zero-order valence-electron chi connectivity index (χ0n) is 8.76. The minimum Gasteiger partial charge on any atom is -0.550 e. The van der Waals surface area contributed by atoms with Gasteiger partial charge >= 0.3 is 0 Å². The van der Waals surface area contributed by atoms with Gasteiger partial charge in [-0.3, -0.25) is 4.79 Å². The molecule has 0 aromatic rings. The number of nitrogens with one attached hydrogen (secondary N) is 1. The molecular weight excluding hydrogens is 210 g/mol. The Bertz CT molecular complexity index is 339. The summed E-state index contributed by atoms with van der Waals surface area (Å²) in [6.45, 7) is 0.0224. The molecule has 2 N–H and O–H groups in total. The van der Waals surface area contributed by atoms with Crippen molar-refractivity contribution in [3.8, 4) is 0 Å². The third kappa shape index (κ3) is 1.71. The Kier molecular flexibility index (Phi) is 2.96. The highest BCUT2D eigenvalue weighted by Gasteiger charge is 2.48. The predicted molar refractivity (Wildman–Crippen MR) is 52.8 cm³/mol. The van der Waals surface area contributed by atoms with Crippen LogP contribution in [0.1, 0.15) is 6.42 Å². The highest BCUT2D eigenvalue weighted by atomic mass is 16.4. The van der Waals surface area contributed by atoms with E-state index in [1.807, 2.05) is 12.2 Å². The highest BCUT2D eigenvalue weighted by molar-refractivity contribution is 5.86. The first-order valence-electron chi connectivity index (χ1n) is 5.43. The zero-order chi connectivity index (χ0) is 11.7. The lowest BCUT2D eigenvalue weighted by Gasteiger charge is -2.27. The van der Waals surface area contributed by atoms with Crippen molar-refractivity contribution in [2.45, 2.75) is 6.42 Å². The fraction of sp³-hybridized carbons (Fsp3) is 0.636. The van der Waals surface area contributed by atoms with Crippen molar-refractivity contribution in [3.63, 3.8) is 0 Å². The van der Waals surface area contributed by atoms with Gasteiger partial charge in [-0.2, -0.15) is 0 Å². The molecule has 0 unspecified atom stereocenters. The van der Waals surface area contributed by atoms with E-state index in [4.69, 9.17) is 5.11 Å². The van der Waals surface area contributed by atoms with Crippen LogP contribution in [0.25, 0.3) is 0 Å². The average molecular weight is 224 g/mol. The third-order valence-corrected chi connectivity index (χ3v) is 3.45. The number of aliphatic hydroxyl groups excluding tert-OH is 1. The second-order valence-electron chi connectivity index (χ2n) is 4.33. The van der Waals surface area contributed by atoms with Crippen LogP contribution in [0.4, 0.5) is 0 Å². The average Bonchev–Trinajstić information content (AvgIpc) is 2.84. The Hall–Kier alpha value is -1.36. The first-order chi connectivity index (χ1) is 7.65. The zero-order valence-corrected chi connectivity index (χ0v) is 8.76. The van der Waals surface area contributed by atoms with Crippen molar-refractivity contribution in [1.29, 1.82) is 0 Å². The second kappa shape index (κ2) is 4.25. The van der Waals surface area contributed by atoms with Gasteiger partial charge in [-0.25, -0.2) is 0 Å². The molecule has 0 spiro atoms. The summed E-state index contributed by atoms with van der Waals surface area (Å²) in [4.78, 5) is 22.8. The molecule has 2 aliphatic rings. The SMILES string of the molecule is O=C([O-])[C@@H]1[C@H](C(=O)NCCO)[C@H]2C=C[C@H]1C2. The summed E-state index contributed by atoms with van der Waals surface area (Å²) in [6.07, 6.45) is 4.49. The van der Waals surface area contributed by atoms with Gasteiger partial charge in [-0.05, 0) is 18.3 Å². The number of carbonyl (C=O) groups is 2. The summed E-state index contributed by atoms with van der Waals surface area (Å²) in [6, 6.07) is 0. The van der Waals surface area contributed by atoms with Crippen molar-refractivity contribution >= 4 is 11.9 Å². The van der Waals surface area contributed by atoms with Crippen LogP contribution in [0.5, 0.6) is 0 Å². The van der Waals surface area contributed by atoms with Crippen LogP contribution in [-0.4, -0.2) is 30.1 Å². The summed E-state index contributed by atoms with van der Waals surface area (Å²) in [5.74, 6) is -2.76. The number of amides is 1. The summed E-state index contributed by atoms with van der Waals surface area (Å²) in [7, 11) is 0. The normalized spacial score (nSPS) is 35.3. The van der Waals surface area contributed by atoms with Crippen LogP contribution in [0.3, 0.4) is 0 Å². The maximum atomic E-state index is 11.8. The van der Waals surface area contributed by atoms with Crippen molar-refractivity contribution < 1.29 is 19.8 Å². The molecule has 1 amide bonds. The Morgan fingerprint density at radius 2 is 1.94 bits per heavy atom. The van der Waals surface area contributed by atoms with Gasteiger partial charge in [0.05, 0.1) is 12.5 Å². The Labute approximate surface area is 93.1 Å². The number of carbonyl (C=O) groups excluding carboxylic acids is 2. The standard InChI is InChI=1S/C11H15NO4/c13-4-3-12-10(14)8-6-1-2-7(5-6)9(8)11(15)16/h1-2,6-9,13H,3-5H2,(H,12,14)(H,15,16)/p-1/t6-,7-,8+,9-/m0/s1. The van der Waals surface area contributed by atoms with E-state index in [1.54, 1.807) is 0 Å². The van der Waals surface area contributed by atoms with E-state index in [0.717, 1.165) is 6.42 Å². The van der Waals surface area contributed by atoms with Gasteiger partial charge in [-0.15, -0.1) is 0 Å². The number of carboxylic acids is 1. The fourth-order valence-corrected chi connectivity index (χ4v) is 2.80. The summed E-state index contributed by atoms with van der Waals surface area (Å²) in [5.41, 5.74) is 0. The van der Waals surface area contributed by atoms with Crippen LogP contribution in [-0.2, 0) is 9.59 Å². The largest absolute Gasteiger partial charge is 0.550 e. The van der Waals surface area contributed by atoms with Gasteiger partial charge < -0.3 is 20.3 Å². The molecule has 1 saturated carbocycles. The summed E-state index contributed by atoms with van der Waals surface area (Å²) >= 11 is 0. The van der Waals surface area contributed by atoms with E-state index in [1.165, 1.54) is 0 Å². The monoisotopic (exact) mass is 224 g/mol. The molecule has 0 saturated heterocycles. The van der Waals surface area contributed by atoms with Gasteiger partial charge in [-0.1, -0.05) is 12.2 Å². The molecule has 16 heavy (non-hydrogen) atoms. The molecule has 0 aromatic heterocycles. The molecule has 5 nitrogen and oxygen atoms in total. The topological polar surface area (TPSA) is 89.5 Å². The molecule has 2 aliphatic carbocycles. The Morgan fingerprint density at radius 1 is 1.31 bits per heavy atom. The van der Waals surface area contributed by atoms with E-state index < -0.39 is 17.8 Å². The summed E-state index contributed by atoms with van der Waals surface area (Å²) in [5, 5.41) is 22.1. The molecular formula is C11H14NO4-. The van der Waals surface area contributed by atoms with Gasteiger partial charge in [0.1, 0.15) is 0 Å². The number of allylic oxidation sites excluding steroid dienone is 2. The molecule has 1 fully saturated rings. The molecule has 2 bridgehead atoms. The highest BCUT2D eigenvalue weighted by Crippen LogP contribution is 2.47. The molecule has 0 aromatic carbocycles. The Morgan fingerprint density at radius 3 is 2.50 bits per heavy atom. The van der Waals surface area contributed by atoms with Crippen LogP contribution < -0.4 is 10.4 Å². The third-order valence-electron chi connectivity index (χ3n) is 3.45. The second-order valence-corrected chi connectivity index (χ2v) is 4.33. The van der Waals surface area contributed by atoms with Gasteiger partial charge in [0, 0.05) is 18.4 Å². The van der Waals surface area contributed by atoms with Crippen molar-refractivity contribution in [3.05, 3.63) is 12.2 Å².